The maximum atomic E-state index is 12.6. The molecule has 0 bridgehead atoms. The number of halogens is 1. The molecule has 2 aromatic rings. The van der Waals surface area contributed by atoms with Crippen LogP contribution in [-0.2, 0) is 11.2 Å². The van der Waals surface area contributed by atoms with E-state index in [0.29, 0.717) is 11.4 Å². The van der Waals surface area contributed by atoms with Gasteiger partial charge >= 0.3 is 0 Å². The van der Waals surface area contributed by atoms with Crippen LogP contribution in [0.1, 0.15) is 16.7 Å². The van der Waals surface area contributed by atoms with Crippen molar-refractivity contribution >= 4 is 23.2 Å². The van der Waals surface area contributed by atoms with E-state index in [1.165, 1.54) is 5.56 Å². The topological polar surface area (TPSA) is 32.8 Å². The molecule has 138 valence electrons. The van der Waals surface area contributed by atoms with Gasteiger partial charge in [-0.2, -0.15) is 0 Å². The molecule has 0 atom stereocenters. The molecule has 2 aromatic carbocycles. The number of hydrogen-bond donors (Lipinski definition) is 0. The van der Waals surface area contributed by atoms with Crippen molar-refractivity contribution in [1.82, 2.24) is 4.90 Å². The Kier molecular flexibility index (Phi) is 5.72. The van der Waals surface area contributed by atoms with E-state index in [-0.39, 0.29) is 5.91 Å². The molecule has 1 aliphatic rings. The summed E-state index contributed by atoms with van der Waals surface area (Å²) in [6, 6.07) is 12.1. The highest BCUT2D eigenvalue weighted by atomic mass is 35.5. The lowest BCUT2D eigenvalue weighted by molar-refractivity contribution is -0.130. The molecule has 0 spiro atoms. The van der Waals surface area contributed by atoms with E-state index >= 15 is 0 Å². The van der Waals surface area contributed by atoms with Crippen molar-refractivity contribution < 1.29 is 9.53 Å². The number of carbonyl (C=O) groups is 1. The second kappa shape index (κ2) is 8.00. The van der Waals surface area contributed by atoms with Crippen LogP contribution in [0, 0.1) is 13.8 Å². The van der Waals surface area contributed by atoms with Gasteiger partial charge in [-0.1, -0.05) is 41.4 Å². The van der Waals surface area contributed by atoms with Gasteiger partial charge < -0.3 is 14.5 Å². The van der Waals surface area contributed by atoms with Gasteiger partial charge in [0.25, 0.3) is 0 Å². The number of amides is 1. The molecule has 0 N–H and O–H groups in total. The number of rotatable bonds is 4. The van der Waals surface area contributed by atoms with Crippen molar-refractivity contribution in [1.29, 1.82) is 0 Å². The molecule has 26 heavy (non-hydrogen) atoms. The average Bonchev–Trinajstić information content (AvgIpc) is 2.65. The quantitative estimate of drug-likeness (QED) is 0.817. The zero-order valence-corrected chi connectivity index (χ0v) is 16.3. The van der Waals surface area contributed by atoms with E-state index in [1.807, 2.05) is 30.0 Å². The molecule has 1 amide bonds. The Bertz CT molecular complexity index is 781. The average molecular weight is 373 g/mol. The lowest BCUT2D eigenvalue weighted by atomic mass is 10.1. The first-order chi connectivity index (χ1) is 12.5. The van der Waals surface area contributed by atoms with Crippen LogP contribution < -0.4 is 9.64 Å². The Labute approximate surface area is 160 Å². The first-order valence-corrected chi connectivity index (χ1v) is 9.28. The number of piperazine rings is 1. The number of ether oxygens (including phenoxy) is 1. The van der Waals surface area contributed by atoms with Gasteiger partial charge in [0.15, 0.2) is 0 Å². The first kappa shape index (κ1) is 18.6. The van der Waals surface area contributed by atoms with E-state index in [4.69, 9.17) is 16.3 Å². The van der Waals surface area contributed by atoms with Crippen molar-refractivity contribution in [3.63, 3.8) is 0 Å². The lowest BCUT2D eigenvalue weighted by Gasteiger charge is -2.37. The largest absolute Gasteiger partial charge is 0.495 e. The standard InChI is InChI=1S/C21H25ClN2O2/c1-15-4-6-17(7-5-15)13-21(25)24-10-8-23(9-11-24)19-12-16(2)18(22)14-20(19)26-3/h4-7,12,14H,8-11,13H2,1-3H3. The monoisotopic (exact) mass is 372 g/mol. The third-order valence-corrected chi connectivity index (χ3v) is 5.32. The fourth-order valence-electron chi connectivity index (χ4n) is 3.25. The third kappa shape index (κ3) is 4.13. The van der Waals surface area contributed by atoms with E-state index in [0.717, 1.165) is 48.7 Å². The van der Waals surface area contributed by atoms with Crippen LogP contribution >= 0.6 is 11.6 Å². The molecule has 0 aliphatic carbocycles. The summed E-state index contributed by atoms with van der Waals surface area (Å²) in [5, 5.41) is 0.706. The van der Waals surface area contributed by atoms with Crippen LogP contribution in [0.4, 0.5) is 5.69 Å². The number of carbonyl (C=O) groups excluding carboxylic acids is 1. The molecule has 0 saturated carbocycles. The van der Waals surface area contributed by atoms with Crippen LogP contribution in [0.3, 0.4) is 0 Å². The predicted molar refractivity (Wildman–Crippen MR) is 106 cm³/mol. The van der Waals surface area contributed by atoms with E-state index in [2.05, 4.69) is 30.0 Å². The van der Waals surface area contributed by atoms with Gasteiger partial charge in [0.05, 0.1) is 19.2 Å². The first-order valence-electron chi connectivity index (χ1n) is 8.90. The minimum Gasteiger partial charge on any atom is -0.495 e. The summed E-state index contributed by atoms with van der Waals surface area (Å²) in [7, 11) is 1.66. The van der Waals surface area contributed by atoms with Gasteiger partial charge in [0.2, 0.25) is 5.91 Å². The Morgan fingerprint density at radius 2 is 1.73 bits per heavy atom. The zero-order valence-electron chi connectivity index (χ0n) is 15.6. The minimum atomic E-state index is 0.188. The molecule has 5 heteroatoms. The second-order valence-electron chi connectivity index (χ2n) is 6.80. The van der Waals surface area contributed by atoms with Crippen LogP contribution in [0.15, 0.2) is 36.4 Å². The predicted octanol–water partition coefficient (Wildman–Crippen LogP) is 3.86. The molecular weight excluding hydrogens is 348 g/mol. The Hall–Kier alpha value is -2.20. The lowest BCUT2D eigenvalue weighted by Crippen LogP contribution is -2.49. The third-order valence-electron chi connectivity index (χ3n) is 4.91. The Balaban J connectivity index is 1.63. The van der Waals surface area contributed by atoms with Gasteiger partial charge in [-0.25, -0.2) is 0 Å². The van der Waals surface area contributed by atoms with Gasteiger partial charge in [0.1, 0.15) is 5.75 Å². The van der Waals surface area contributed by atoms with Crippen molar-refractivity contribution in [3.8, 4) is 5.75 Å². The summed E-state index contributed by atoms with van der Waals surface area (Å²) < 4.78 is 5.49. The fourth-order valence-corrected chi connectivity index (χ4v) is 3.40. The number of anilines is 1. The molecular formula is C21H25ClN2O2. The van der Waals surface area contributed by atoms with Gasteiger partial charge in [-0.05, 0) is 31.0 Å². The summed E-state index contributed by atoms with van der Waals surface area (Å²) in [6.45, 7) is 7.06. The van der Waals surface area contributed by atoms with E-state index < -0.39 is 0 Å². The summed E-state index contributed by atoms with van der Waals surface area (Å²) >= 11 is 6.20. The summed E-state index contributed by atoms with van der Waals surface area (Å²) in [6.07, 6.45) is 0.462. The molecule has 1 heterocycles. The molecule has 0 unspecified atom stereocenters. The molecule has 3 rings (SSSR count). The highest BCUT2D eigenvalue weighted by molar-refractivity contribution is 6.31. The Morgan fingerprint density at radius 3 is 2.35 bits per heavy atom. The maximum absolute atomic E-state index is 12.6. The zero-order chi connectivity index (χ0) is 18.7. The highest BCUT2D eigenvalue weighted by Gasteiger charge is 2.23. The van der Waals surface area contributed by atoms with Crippen molar-refractivity contribution in [3.05, 3.63) is 58.1 Å². The molecule has 0 radical (unpaired) electrons. The van der Waals surface area contributed by atoms with Gasteiger partial charge in [-0.15, -0.1) is 0 Å². The molecule has 0 aromatic heterocycles. The SMILES string of the molecule is COc1cc(Cl)c(C)cc1N1CCN(C(=O)Cc2ccc(C)cc2)CC1. The van der Waals surface area contributed by atoms with E-state index in [9.17, 15) is 4.79 Å². The molecule has 1 fully saturated rings. The number of hydrogen-bond acceptors (Lipinski definition) is 3. The van der Waals surface area contributed by atoms with E-state index in [1.54, 1.807) is 7.11 Å². The fraction of sp³-hybridized carbons (Fsp3) is 0.381. The number of aryl methyl sites for hydroxylation is 2. The number of benzene rings is 2. The van der Waals surface area contributed by atoms with Crippen LogP contribution in [0.25, 0.3) is 0 Å². The van der Waals surface area contributed by atoms with Gasteiger partial charge in [0, 0.05) is 37.3 Å². The van der Waals surface area contributed by atoms with Crippen molar-refractivity contribution in [2.24, 2.45) is 0 Å². The smallest absolute Gasteiger partial charge is 0.227 e. The second-order valence-corrected chi connectivity index (χ2v) is 7.21. The van der Waals surface area contributed by atoms with Crippen molar-refractivity contribution in [2.45, 2.75) is 20.3 Å². The number of nitrogens with zero attached hydrogens (tertiary/aromatic N) is 2. The minimum absolute atomic E-state index is 0.188. The summed E-state index contributed by atoms with van der Waals surface area (Å²) in [5.74, 6) is 0.966. The van der Waals surface area contributed by atoms with Gasteiger partial charge in [-0.3, -0.25) is 4.79 Å². The van der Waals surface area contributed by atoms with Crippen LogP contribution in [0.2, 0.25) is 5.02 Å². The normalized spacial score (nSPS) is 14.5. The van der Waals surface area contributed by atoms with Crippen molar-refractivity contribution in [2.75, 3.05) is 38.2 Å². The molecule has 1 saturated heterocycles. The van der Waals surface area contributed by atoms with Crippen LogP contribution in [0.5, 0.6) is 5.75 Å². The number of methoxy groups -OCH3 is 1. The maximum Gasteiger partial charge on any atom is 0.227 e. The summed E-state index contributed by atoms with van der Waals surface area (Å²) in [4.78, 5) is 16.8. The van der Waals surface area contributed by atoms with Crippen LogP contribution in [-0.4, -0.2) is 44.1 Å². The Morgan fingerprint density at radius 1 is 1.08 bits per heavy atom. The highest BCUT2D eigenvalue weighted by Crippen LogP contribution is 2.34. The molecule has 1 aliphatic heterocycles. The summed E-state index contributed by atoms with van der Waals surface area (Å²) in [5.41, 5.74) is 4.35. The molecule has 4 nitrogen and oxygen atoms in total.